The van der Waals surface area contributed by atoms with Gasteiger partial charge in [-0.1, -0.05) is 33.8 Å². The van der Waals surface area contributed by atoms with Crippen LogP contribution in [0.15, 0.2) is 36.8 Å². The average Bonchev–Trinajstić information content (AvgIpc) is 2.71. The fourth-order valence-electron chi connectivity index (χ4n) is 3.03. The molecule has 0 fully saturated rings. The monoisotopic (exact) mass is 356 g/mol. The first kappa shape index (κ1) is 22.3. The summed E-state index contributed by atoms with van der Waals surface area (Å²) in [4.78, 5) is 11.1. The Morgan fingerprint density at radius 2 is 1.46 bits per heavy atom. The molecular weight excluding hydrogens is 320 g/mol. The third-order valence-electron chi connectivity index (χ3n) is 4.33. The minimum absolute atomic E-state index is 1.03. The normalized spacial score (nSPS) is 19.8. The van der Waals surface area contributed by atoms with E-state index in [9.17, 15) is 0 Å². The summed E-state index contributed by atoms with van der Waals surface area (Å²) in [5, 5.41) is 0. The van der Waals surface area contributed by atoms with Gasteiger partial charge in [0.1, 0.15) is 0 Å². The van der Waals surface area contributed by atoms with E-state index in [1.54, 1.807) is 0 Å². The van der Waals surface area contributed by atoms with Crippen LogP contribution in [0.2, 0.25) is 0 Å². The lowest BCUT2D eigenvalue weighted by atomic mass is 10.0. The molecule has 2 aromatic rings. The van der Waals surface area contributed by atoms with Crippen LogP contribution in [0.3, 0.4) is 0 Å². The Morgan fingerprint density at radius 1 is 0.808 bits per heavy atom. The number of fused-ring (bicyclic) bond motifs is 2. The molecule has 2 N–H and O–H groups in total. The average molecular weight is 357 g/mol. The lowest BCUT2D eigenvalue weighted by Gasteiger charge is -2.26. The number of nitrogens with one attached hydrogen (secondary N) is 2. The van der Waals surface area contributed by atoms with Crippen molar-refractivity contribution in [1.82, 2.24) is 9.97 Å². The van der Waals surface area contributed by atoms with Crippen molar-refractivity contribution in [1.29, 1.82) is 0 Å². The topological polar surface area (TPSA) is 34.7 Å². The Labute approximate surface area is 160 Å². The van der Waals surface area contributed by atoms with Crippen LogP contribution in [0.25, 0.3) is 0 Å². The smallest absolute Gasteiger partial charge is 0.0806 e. The zero-order chi connectivity index (χ0) is 19.4. The molecule has 0 spiro atoms. The molecule has 0 saturated heterocycles. The van der Waals surface area contributed by atoms with Gasteiger partial charge in [0, 0.05) is 42.6 Å². The highest BCUT2D eigenvalue weighted by molar-refractivity contribution is 5.23. The van der Waals surface area contributed by atoms with Gasteiger partial charge < -0.3 is 9.80 Å². The van der Waals surface area contributed by atoms with Gasteiger partial charge >= 0.3 is 0 Å². The Hall–Kier alpha value is -1.78. The molecule has 0 bridgehead atoms. The minimum atomic E-state index is 1.03. The Kier molecular flexibility index (Phi) is 10.7. The molecular formula is C22H36N4. The standard InChI is InChI=1S/2C9H12N2.2C2H6/c1-11-5-3-8-6-10-4-2-9(8)7-11;1-11-6-4-9-8(7-11)3-2-5-10-9;2*1-2/h2,4,6,11H,1,3,5,7H2;2-3,5,11H,1,4,6-7H2;2*1-2H3. The van der Waals surface area contributed by atoms with Gasteiger partial charge in [0.05, 0.1) is 31.9 Å². The molecule has 0 radical (unpaired) electrons. The van der Waals surface area contributed by atoms with Crippen molar-refractivity contribution < 1.29 is 9.80 Å². The van der Waals surface area contributed by atoms with Gasteiger partial charge in [0.25, 0.3) is 0 Å². The summed E-state index contributed by atoms with van der Waals surface area (Å²) >= 11 is 0. The Morgan fingerprint density at radius 3 is 2.19 bits per heavy atom. The molecule has 0 saturated carbocycles. The van der Waals surface area contributed by atoms with E-state index in [4.69, 9.17) is 0 Å². The van der Waals surface area contributed by atoms with Crippen molar-refractivity contribution in [3.63, 3.8) is 0 Å². The molecule has 0 aromatic carbocycles. The second-order valence-electron chi connectivity index (χ2n) is 6.11. The van der Waals surface area contributed by atoms with Crippen molar-refractivity contribution >= 4 is 0 Å². The lowest BCUT2D eigenvalue weighted by Crippen LogP contribution is -3.06. The molecule has 2 aliphatic heterocycles. The third-order valence-corrected chi connectivity index (χ3v) is 4.33. The zero-order valence-corrected chi connectivity index (χ0v) is 17.0. The van der Waals surface area contributed by atoms with Crippen LogP contribution >= 0.6 is 0 Å². The molecule has 2 aromatic heterocycles. The highest BCUT2D eigenvalue weighted by Crippen LogP contribution is 2.08. The first-order valence-electron chi connectivity index (χ1n) is 9.90. The van der Waals surface area contributed by atoms with E-state index < -0.39 is 0 Å². The highest BCUT2D eigenvalue weighted by Gasteiger charge is 2.13. The Bertz CT molecular complexity index is 572. The number of hydrogen-bond donors (Lipinski definition) is 2. The molecule has 0 amide bonds. The third kappa shape index (κ3) is 6.85. The molecule has 2 unspecified atom stereocenters. The highest BCUT2D eigenvalue weighted by atomic mass is 15.1. The molecule has 4 nitrogen and oxygen atoms in total. The van der Waals surface area contributed by atoms with Crippen molar-refractivity contribution in [2.75, 3.05) is 13.1 Å². The number of rotatable bonds is 0. The van der Waals surface area contributed by atoms with Gasteiger partial charge in [0.15, 0.2) is 0 Å². The van der Waals surface area contributed by atoms with E-state index in [-0.39, 0.29) is 0 Å². The van der Waals surface area contributed by atoms with Gasteiger partial charge in [-0.15, -0.1) is 0 Å². The number of pyridine rings is 2. The van der Waals surface area contributed by atoms with E-state index in [0.29, 0.717) is 0 Å². The van der Waals surface area contributed by atoms with Crippen LogP contribution in [0, 0.1) is 14.1 Å². The minimum Gasteiger partial charge on any atom is -0.464 e. The first-order valence-corrected chi connectivity index (χ1v) is 9.90. The van der Waals surface area contributed by atoms with Crippen LogP contribution in [0.4, 0.5) is 0 Å². The van der Waals surface area contributed by atoms with Crippen LogP contribution in [-0.4, -0.2) is 23.1 Å². The van der Waals surface area contributed by atoms with Crippen molar-refractivity contribution in [3.05, 3.63) is 73.3 Å². The molecule has 26 heavy (non-hydrogen) atoms. The maximum absolute atomic E-state index is 4.31. The van der Waals surface area contributed by atoms with Crippen LogP contribution in [-0.2, 0) is 25.9 Å². The van der Waals surface area contributed by atoms with Crippen LogP contribution in [0.5, 0.6) is 0 Å². The molecule has 4 rings (SSSR count). The molecule has 4 heterocycles. The number of nitrogens with zero attached hydrogens (tertiary/aromatic N) is 2. The number of hydrogen-bond acceptors (Lipinski definition) is 2. The van der Waals surface area contributed by atoms with E-state index in [2.05, 4.69) is 36.2 Å². The van der Waals surface area contributed by atoms with Gasteiger partial charge in [-0.3, -0.25) is 9.97 Å². The first-order chi connectivity index (χ1) is 12.7. The number of quaternary nitrogens is 2. The predicted molar refractivity (Wildman–Crippen MR) is 108 cm³/mol. The summed E-state index contributed by atoms with van der Waals surface area (Å²) in [5.74, 6) is 0. The molecule has 2 atom stereocenters. The summed E-state index contributed by atoms with van der Waals surface area (Å²) < 4.78 is 0. The van der Waals surface area contributed by atoms with E-state index in [1.165, 1.54) is 32.2 Å². The Balaban J connectivity index is 0.000000219. The zero-order valence-electron chi connectivity index (χ0n) is 17.0. The number of aromatic nitrogens is 2. The largest absolute Gasteiger partial charge is 0.464 e. The molecule has 4 heteroatoms. The maximum Gasteiger partial charge on any atom is 0.0806 e. The van der Waals surface area contributed by atoms with Crippen molar-refractivity contribution in [2.45, 2.75) is 53.6 Å². The fourth-order valence-corrected chi connectivity index (χ4v) is 3.03. The van der Waals surface area contributed by atoms with Gasteiger partial charge in [-0.25, -0.2) is 0 Å². The molecule has 2 aliphatic rings. The maximum atomic E-state index is 4.31. The summed E-state index contributed by atoms with van der Waals surface area (Å²) in [6.07, 6.45) is 7.91. The van der Waals surface area contributed by atoms with Gasteiger partial charge in [-0.05, 0) is 17.7 Å². The van der Waals surface area contributed by atoms with Crippen molar-refractivity contribution in [2.24, 2.45) is 0 Å². The summed E-state index contributed by atoms with van der Waals surface area (Å²) in [6.45, 7) is 12.3. The summed E-state index contributed by atoms with van der Waals surface area (Å²) in [5.41, 5.74) is 5.44. The lowest BCUT2D eigenvalue weighted by molar-refractivity contribution is -0.870. The fraction of sp³-hybridized carbons (Fsp3) is 0.455. The SMILES string of the molecule is CC.CC.[CH2-][NH+]1CCc2cnccc2C1.[CH2-][NH+]1CCc2ncccc2C1. The quantitative estimate of drug-likeness (QED) is 0.705. The van der Waals surface area contributed by atoms with Gasteiger partial charge in [-0.2, -0.15) is 14.1 Å². The van der Waals surface area contributed by atoms with Crippen molar-refractivity contribution in [3.8, 4) is 0 Å². The van der Waals surface area contributed by atoms with E-state index in [1.807, 2.05) is 52.4 Å². The summed E-state index contributed by atoms with van der Waals surface area (Å²) in [6, 6.07) is 6.24. The van der Waals surface area contributed by atoms with Gasteiger partial charge in [0.2, 0.25) is 0 Å². The summed E-state index contributed by atoms with van der Waals surface area (Å²) in [7, 11) is 7.98. The predicted octanol–water partition coefficient (Wildman–Crippen LogP) is 1.68. The molecule has 0 aliphatic carbocycles. The van der Waals surface area contributed by atoms with Crippen LogP contribution < -0.4 is 9.80 Å². The molecule has 144 valence electrons. The second-order valence-corrected chi connectivity index (χ2v) is 6.11. The van der Waals surface area contributed by atoms with E-state index >= 15 is 0 Å². The second kappa shape index (κ2) is 12.6. The van der Waals surface area contributed by atoms with Crippen LogP contribution in [0.1, 0.15) is 50.1 Å². The van der Waals surface area contributed by atoms with E-state index in [0.717, 1.165) is 39.0 Å².